The topological polar surface area (TPSA) is 102 Å². The zero-order valence-electron chi connectivity index (χ0n) is 14.6. The van der Waals surface area contributed by atoms with E-state index < -0.39 is 16.0 Å². The number of thiophene rings is 1. The van der Waals surface area contributed by atoms with Gasteiger partial charge in [0, 0.05) is 6.54 Å². The quantitative estimate of drug-likeness (QED) is 0.701. The highest BCUT2D eigenvalue weighted by molar-refractivity contribution is 7.93. The Kier molecular flexibility index (Phi) is 6.38. The lowest BCUT2D eigenvalue weighted by Gasteiger charge is -2.13. The molecule has 7 nitrogen and oxygen atoms in total. The van der Waals surface area contributed by atoms with Crippen molar-refractivity contribution in [3.63, 3.8) is 0 Å². The molecule has 0 atom stereocenters. The van der Waals surface area contributed by atoms with Crippen molar-refractivity contribution in [3.8, 4) is 0 Å². The Labute approximate surface area is 156 Å². The molecule has 2 aromatic rings. The Hall–Kier alpha value is -2.39. The summed E-state index contributed by atoms with van der Waals surface area (Å²) < 4.78 is 32.4. The van der Waals surface area contributed by atoms with E-state index in [1.54, 1.807) is 12.1 Å². The maximum atomic E-state index is 12.7. The summed E-state index contributed by atoms with van der Waals surface area (Å²) in [5, 5.41) is 4.24. The van der Waals surface area contributed by atoms with Gasteiger partial charge < -0.3 is 10.1 Å². The summed E-state index contributed by atoms with van der Waals surface area (Å²) in [6.45, 7) is 4.39. The Bertz CT molecular complexity index is 903. The first kappa shape index (κ1) is 19.9. The smallest absolute Gasteiger partial charge is 0.349 e. The van der Waals surface area contributed by atoms with E-state index in [1.807, 2.05) is 13.8 Å². The monoisotopic (exact) mass is 396 g/mol. The van der Waals surface area contributed by atoms with Crippen LogP contribution < -0.4 is 10.0 Å². The number of hydrogen-bond donors (Lipinski definition) is 2. The third-order valence-electron chi connectivity index (χ3n) is 3.38. The molecule has 0 aliphatic heterocycles. The second-order valence-corrected chi connectivity index (χ2v) is 8.43. The second kappa shape index (κ2) is 8.33. The molecule has 1 amide bonds. The number of benzene rings is 1. The fourth-order valence-corrected chi connectivity index (χ4v) is 4.53. The van der Waals surface area contributed by atoms with Gasteiger partial charge in [0.05, 0.1) is 18.4 Å². The van der Waals surface area contributed by atoms with Gasteiger partial charge in [-0.1, -0.05) is 26.0 Å². The first-order chi connectivity index (χ1) is 12.3. The minimum Gasteiger partial charge on any atom is -0.465 e. The molecular formula is C17H20N2O5S2. The minimum absolute atomic E-state index is 0.0262. The molecule has 0 bridgehead atoms. The Morgan fingerprint density at radius 1 is 1.19 bits per heavy atom. The maximum Gasteiger partial charge on any atom is 0.349 e. The van der Waals surface area contributed by atoms with Gasteiger partial charge in [-0.15, -0.1) is 11.3 Å². The molecule has 1 aromatic heterocycles. The van der Waals surface area contributed by atoms with Gasteiger partial charge in [0.25, 0.3) is 15.9 Å². The van der Waals surface area contributed by atoms with E-state index in [1.165, 1.54) is 30.7 Å². The molecule has 0 spiro atoms. The second-order valence-electron chi connectivity index (χ2n) is 5.86. The van der Waals surface area contributed by atoms with Gasteiger partial charge in [0.2, 0.25) is 0 Å². The van der Waals surface area contributed by atoms with E-state index in [0.717, 1.165) is 11.3 Å². The van der Waals surface area contributed by atoms with Crippen LogP contribution in [-0.4, -0.2) is 33.9 Å². The van der Waals surface area contributed by atoms with Crippen molar-refractivity contribution < 1.29 is 22.7 Å². The Balaban J connectivity index is 2.32. The van der Waals surface area contributed by atoms with Crippen molar-refractivity contribution in [2.45, 2.75) is 18.7 Å². The molecule has 26 heavy (non-hydrogen) atoms. The molecule has 0 unspecified atom stereocenters. The molecule has 0 radical (unpaired) electrons. The molecule has 1 aromatic carbocycles. The number of carbonyl (C=O) groups excluding carboxylic acids is 2. The van der Waals surface area contributed by atoms with E-state index in [4.69, 9.17) is 0 Å². The van der Waals surface area contributed by atoms with E-state index in [-0.39, 0.29) is 32.8 Å². The molecule has 0 aliphatic carbocycles. The average Bonchev–Trinajstić information content (AvgIpc) is 3.10. The van der Waals surface area contributed by atoms with E-state index >= 15 is 0 Å². The van der Waals surface area contributed by atoms with Crippen LogP contribution in [0.1, 0.15) is 33.9 Å². The summed E-state index contributed by atoms with van der Waals surface area (Å²) in [7, 11) is -2.88. The molecule has 1 heterocycles. The van der Waals surface area contributed by atoms with Crippen molar-refractivity contribution >= 4 is 38.9 Å². The van der Waals surface area contributed by atoms with Crippen LogP contribution in [0, 0.1) is 5.92 Å². The first-order valence-electron chi connectivity index (χ1n) is 7.82. The van der Waals surface area contributed by atoms with Crippen molar-refractivity contribution in [1.29, 1.82) is 0 Å². The van der Waals surface area contributed by atoms with Gasteiger partial charge in [0.1, 0.15) is 9.77 Å². The van der Waals surface area contributed by atoms with Crippen LogP contribution >= 0.6 is 11.3 Å². The summed E-state index contributed by atoms with van der Waals surface area (Å²) in [6.07, 6.45) is 0. The number of hydrogen-bond acceptors (Lipinski definition) is 6. The first-order valence-corrected chi connectivity index (χ1v) is 10.2. The predicted molar refractivity (Wildman–Crippen MR) is 100 cm³/mol. The largest absolute Gasteiger partial charge is 0.465 e. The van der Waals surface area contributed by atoms with Crippen LogP contribution in [0.4, 0.5) is 5.69 Å². The third-order valence-corrected chi connectivity index (χ3v) is 5.81. The molecule has 2 N–H and O–H groups in total. The highest BCUT2D eigenvalue weighted by atomic mass is 32.2. The van der Waals surface area contributed by atoms with Gasteiger partial charge in [-0.2, -0.15) is 0 Å². The summed E-state index contributed by atoms with van der Waals surface area (Å²) in [6, 6.07) is 7.60. The summed E-state index contributed by atoms with van der Waals surface area (Å²) in [5.74, 6) is -0.852. The summed E-state index contributed by atoms with van der Waals surface area (Å²) in [5.41, 5.74) is 0.336. The van der Waals surface area contributed by atoms with Gasteiger partial charge in [0.15, 0.2) is 0 Å². The molecule has 140 valence electrons. The van der Waals surface area contributed by atoms with Crippen molar-refractivity contribution in [3.05, 3.63) is 46.2 Å². The molecule has 0 saturated carbocycles. The fourth-order valence-electron chi connectivity index (χ4n) is 2.11. The number of ether oxygens (including phenoxy) is 1. The molecule has 0 aliphatic rings. The highest BCUT2D eigenvalue weighted by Crippen LogP contribution is 2.26. The van der Waals surface area contributed by atoms with E-state index in [0.29, 0.717) is 6.54 Å². The van der Waals surface area contributed by atoms with Gasteiger partial charge >= 0.3 is 5.97 Å². The SMILES string of the molecule is COC(=O)c1sccc1S(=O)(=O)Nc1ccccc1C(=O)NCC(C)C. The van der Waals surface area contributed by atoms with Crippen molar-refractivity contribution in [1.82, 2.24) is 5.32 Å². The van der Waals surface area contributed by atoms with Crippen LogP contribution in [0.15, 0.2) is 40.6 Å². The molecular weight excluding hydrogens is 376 g/mol. The summed E-state index contributed by atoms with van der Waals surface area (Å²) >= 11 is 0.968. The lowest BCUT2D eigenvalue weighted by atomic mass is 10.1. The molecule has 2 rings (SSSR count). The number of methoxy groups -OCH3 is 1. The molecule has 0 saturated heterocycles. The van der Waals surface area contributed by atoms with E-state index in [9.17, 15) is 18.0 Å². The predicted octanol–water partition coefficient (Wildman–Crippen LogP) is 2.72. The highest BCUT2D eigenvalue weighted by Gasteiger charge is 2.26. The van der Waals surface area contributed by atoms with Gasteiger partial charge in [-0.25, -0.2) is 13.2 Å². The molecule has 0 fully saturated rings. The number of anilines is 1. The summed E-state index contributed by atoms with van der Waals surface area (Å²) in [4.78, 5) is 23.9. The normalized spacial score (nSPS) is 11.2. The number of sulfonamides is 1. The minimum atomic E-state index is -4.06. The van der Waals surface area contributed by atoms with E-state index in [2.05, 4.69) is 14.8 Å². The molecule has 9 heteroatoms. The lowest BCUT2D eigenvalue weighted by molar-refractivity contribution is 0.0602. The van der Waals surface area contributed by atoms with Crippen LogP contribution in [0.25, 0.3) is 0 Å². The van der Waals surface area contributed by atoms with Gasteiger partial charge in [-0.3, -0.25) is 9.52 Å². The fraction of sp³-hybridized carbons (Fsp3) is 0.294. The number of nitrogens with one attached hydrogen (secondary N) is 2. The van der Waals surface area contributed by atoms with Crippen LogP contribution in [-0.2, 0) is 14.8 Å². The zero-order valence-corrected chi connectivity index (χ0v) is 16.2. The number of esters is 1. The van der Waals surface area contributed by atoms with Crippen molar-refractivity contribution in [2.24, 2.45) is 5.92 Å². The third kappa shape index (κ3) is 4.61. The Morgan fingerprint density at radius 3 is 2.54 bits per heavy atom. The zero-order chi connectivity index (χ0) is 19.3. The number of amides is 1. The van der Waals surface area contributed by atoms with Crippen LogP contribution in [0.5, 0.6) is 0 Å². The van der Waals surface area contributed by atoms with Crippen molar-refractivity contribution in [2.75, 3.05) is 18.4 Å². The number of para-hydroxylation sites is 1. The average molecular weight is 396 g/mol. The standard InChI is InChI=1S/C17H20N2O5S2/c1-11(2)10-18-16(20)12-6-4-5-7-13(12)19-26(22,23)14-8-9-25-15(14)17(21)24-3/h4-9,11,19H,10H2,1-3H3,(H,18,20). The lowest BCUT2D eigenvalue weighted by Crippen LogP contribution is -2.28. The number of carbonyl (C=O) groups is 2. The Morgan fingerprint density at radius 2 is 1.88 bits per heavy atom. The maximum absolute atomic E-state index is 12.7. The van der Waals surface area contributed by atoms with Crippen LogP contribution in [0.3, 0.4) is 0 Å². The van der Waals surface area contributed by atoms with Crippen LogP contribution in [0.2, 0.25) is 0 Å². The van der Waals surface area contributed by atoms with Gasteiger partial charge in [-0.05, 0) is 29.5 Å². The number of rotatable bonds is 7.